The van der Waals surface area contributed by atoms with Crippen LogP contribution in [0.2, 0.25) is 0 Å². The maximum Gasteiger partial charge on any atom is 0.362 e. The number of ether oxygens (including phenoxy) is 3. The minimum atomic E-state index is -0.889. The lowest BCUT2D eigenvalue weighted by atomic mass is 10.1. The lowest BCUT2D eigenvalue weighted by molar-refractivity contribution is -0.887. The Hall–Kier alpha value is -4.53. The first-order valence-corrected chi connectivity index (χ1v) is 24.8. The van der Waals surface area contributed by atoms with Crippen molar-refractivity contribution in [3.63, 3.8) is 0 Å². The van der Waals surface area contributed by atoms with Gasteiger partial charge in [-0.05, 0) is 70.6 Å². The molecule has 0 aromatic rings. The second-order valence-electron chi connectivity index (χ2n) is 17.1. The van der Waals surface area contributed by atoms with E-state index in [0.717, 1.165) is 77.0 Å². The van der Waals surface area contributed by atoms with Gasteiger partial charge in [-0.25, -0.2) is 4.79 Å². The largest absolute Gasteiger partial charge is 0.477 e. The van der Waals surface area contributed by atoms with Gasteiger partial charge in [-0.2, -0.15) is 0 Å². The van der Waals surface area contributed by atoms with Crippen LogP contribution >= 0.6 is 0 Å². The Morgan fingerprint density at radius 2 is 0.892 bits per heavy atom. The molecule has 2 unspecified atom stereocenters. The van der Waals surface area contributed by atoms with Crippen LogP contribution in [0, 0.1) is 0 Å². The summed E-state index contributed by atoms with van der Waals surface area (Å²) in [5.41, 5.74) is 0. The van der Waals surface area contributed by atoms with Gasteiger partial charge in [0.1, 0.15) is 6.61 Å². The summed E-state index contributed by atoms with van der Waals surface area (Å²) in [6.07, 6.45) is 66.4. The highest BCUT2D eigenvalue weighted by Crippen LogP contribution is 2.14. The summed E-state index contributed by atoms with van der Waals surface area (Å²) in [6, 6.07) is -0.633. The molecule has 8 nitrogen and oxygen atoms in total. The highest BCUT2D eigenvalue weighted by Gasteiger charge is 2.31. The van der Waals surface area contributed by atoms with Gasteiger partial charge < -0.3 is 23.8 Å². The summed E-state index contributed by atoms with van der Waals surface area (Å²) in [4.78, 5) is 37.2. The van der Waals surface area contributed by atoms with Gasteiger partial charge in [0.05, 0.1) is 34.4 Å². The first-order valence-electron chi connectivity index (χ1n) is 24.8. The zero-order chi connectivity index (χ0) is 47.7. The fourth-order valence-corrected chi connectivity index (χ4v) is 6.48. The van der Waals surface area contributed by atoms with Gasteiger partial charge >= 0.3 is 17.9 Å². The predicted molar refractivity (Wildman–Crippen MR) is 275 cm³/mol. The Morgan fingerprint density at radius 1 is 0.477 bits per heavy atom. The minimum absolute atomic E-state index is 0.0335. The van der Waals surface area contributed by atoms with Gasteiger partial charge in [-0.3, -0.25) is 9.59 Å². The summed E-state index contributed by atoms with van der Waals surface area (Å²) in [5.74, 6) is -1.55. The van der Waals surface area contributed by atoms with Crippen LogP contribution < -0.4 is 0 Å². The van der Waals surface area contributed by atoms with Crippen molar-refractivity contribution in [3.05, 3.63) is 134 Å². The molecular weight excluding hydrogens is 811 g/mol. The van der Waals surface area contributed by atoms with Crippen molar-refractivity contribution < 1.29 is 38.2 Å². The highest BCUT2D eigenvalue weighted by molar-refractivity contribution is 5.72. The average molecular weight is 901 g/mol. The SMILES string of the molecule is CC/C=C/C=C/C=C/C=C/C=C/C=C/C=C/CCCCCC(=O)OCC(COCCC(C(=O)O)[N+](C)(C)C)OC(=O)CCCCCCCCCCC/C=C/C/C=C/C/C=C/C/C=C/CC. The van der Waals surface area contributed by atoms with Crippen LogP contribution in [0.1, 0.15) is 155 Å². The molecule has 0 bridgehead atoms. The number of nitrogens with zero attached hydrogens (tertiary/aromatic N) is 1. The molecule has 8 heteroatoms. The molecule has 2 atom stereocenters. The van der Waals surface area contributed by atoms with Crippen molar-refractivity contribution in [2.45, 2.75) is 167 Å². The third-order valence-corrected chi connectivity index (χ3v) is 10.2. The Kier molecular flexibility index (Phi) is 42.8. The molecular formula is C57H90NO7+. The molecule has 0 aliphatic rings. The summed E-state index contributed by atoms with van der Waals surface area (Å²) in [7, 11) is 5.50. The maximum atomic E-state index is 12.8. The highest BCUT2D eigenvalue weighted by atomic mass is 16.6. The van der Waals surface area contributed by atoms with Gasteiger partial charge in [0.25, 0.3) is 0 Å². The second kappa shape index (κ2) is 46.0. The standard InChI is InChI=1S/C57H89NO7/c1-6-8-10-12-14-16-18-20-22-24-26-27-28-30-32-34-36-38-40-42-44-46-48-56(60)65-53(51-63-50-49-54(57(61)62)58(3,4)5)52-64-55(59)47-45-43-41-39-37-35-33-31-29-25-23-21-19-17-15-13-11-9-7-2/h8-11,13-17,19-23,25-27,29,31,33,35,37,53-54H,6-7,12,18,24,28,30,32,34,36,38-52H2,1-5H3/p+1/b10-8+,11-9+,15-13+,16-14+,19-17+,22-20+,23-21+,27-26+,29-25+,33-31+,37-35+. The first-order chi connectivity index (χ1) is 31.6. The van der Waals surface area contributed by atoms with Crippen molar-refractivity contribution in [1.29, 1.82) is 0 Å². The number of unbranched alkanes of at least 4 members (excludes halogenated alkanes) is 12. The number of rotatable bonds is 42. The van der Waals surface area contributed by atoms with Gasteiger partial charge in [-0.15, -0.1) is 0 Å². The van der Waals surface area contributed by atoms with Crippen molar-refractivity contribution in [1.82, 2.24) is 0 Å². The van der Waals surface area contributed by atoms with Crippen molar-refractivity contribution in [2.75, 3.05) is 41.0 Å². The van der Waals surface area contributed by atoms with E-state index in [-0.39, 0.29) is 36.2 Å². The Morgan fingerprint density at radius 3 is 1.40 bits per heavy atom. The summed E-state index contributed by atoms with van der Waals surface area (Å²) >= 11 is 0. The quantitative estimate of drug-likeness (QED) is 0.0214. The molecule has 0 saturated heterocycles. The van der Waals surface area contributed by atoms with Crippen LogP contribution in [0.5, 0.6) is 0 Å². The molecule has 0 aliphatic carbocycles. The fourth-order valence-electron chi connectivity index (χ4n) is 6.48. The minimum Gasteiger partial charge on any atom is -0.477 e. The van der Waals surface area contributed by atoms with E-state index < -0.39 is 18.1 Å². The van der Waals surface area contributed by atoms with Crippen LogP contribution in [-0.4, -0.2) is 80.6 Å². The molecule has 65 heavy (non-hydrogen) atoms. The van der Waals surface area contributed by atoms with Crippen molar-refractivity contribution in [3.8, 4) is 0 Å². The number of carboxylic acids is 1. The Bertz CT molecular complexity index is 1520. The number of hydrogen-bond donors (Lipinski definition) is 1. The second-order valence-corrected chi connectivity index (χ2v) is 17.1. The zero-order valence-corrected chi connectivity index (χ0v) is 41.4. The normalized spacial score (nSPS) is 14.0. The van der Waals surface area contributed by atoms with E-state index >= 15 is 0 Å². The van der Waals surface area contributed by atoms with Gasteiger partial charge in [-0.1, -0.05) is 199 Å². The molecule has 1 N–H and O–H groups in total. The maximum absolute atomic E-state index is 12.8. The molecule has 0 rings (SSSR count). The number of carbonyl (C=O) groups excluding carboxylic acids is 2. The number of aliphatic carboxylic acids is 1. The molecule has 364 valence electrons. The van der Waals surface area contributed by atoms with Gasteiger partial charge in [0.2, 0.25) is 0 Å². The third kappa shape index (κ3) is 44.5. The first kappa shape index (κ1) is 60.5. The van der Waals surface area contributed by atoms with E-state index in [1.54, 1.807) is 0 Å². The molecule has 0 aliphatic heterocycles. The van der Waals surface area contributed by atoms with Crippen LogP contribution in [0.25, 0.3) is 0 Å². The number of esters is 2. The fraction of sp³-hybridized carbons (Fsp3) is 0.561. The zero-order valence-electron chi connectivity index (χ0n) is 41.4. The molecule has 0 saturated carbocycles. The molecule has 0 heterocycles. The van der Waals surface area contributed by atoms with Crippen molar-refractivity contribution in [2.24, 2.45) is 0 Å². The lowest BCUT2D eigenvalue weighted by Crippen LogP contribution is -2.50. The lowest BCUT2D eigenvalue weighted by Gasteiger charge is -2.31. The predicted octanol–water partition coefficient (Wildman–Crippen LogP) is 14.4. The third-order valence-electron chi connectivity index (χ3n) is 10.2. The van der Waals surface area contributed by atoms with E-state index in [1.807, 2.05) is 94.1 Å². The number of carboxylic acid groups (broad SMARTS) is 1. The van der Waals surface area contributed by atoms with Crippen LogP contribution in [0.3, 0.4) is 0 Å². The van der Waals surface area contributed by atoms with Crippen LogP contribution in [0.4, 0.5) is 0 Å². The van der Waals surface area contributed by atoms with Crippen LogP contribution in [0.15, 0.2) is 134 Å². The monoisotopic (exact) mass is 901 g/mol. The number of carbonyl (C=O) groups is 3. The topological polar surface area (TPSA) is 99.1 Å². The van der Waals surface area contributed by atoms with Crippen LogP contribution in [-0.2, 0) is 28.6 Å². The van der Waals surface area contributed by atoms with E-state index in [1.165, 1.54) is 38.5 Å². The Labute approximate surface area is 396 Å². The molecule has 0 spiro atoms. The molecule has 0 aromatic carbocycles. The number of hydrogen-bond acceptors (Lipinski definition) is 6. The van der Waals surface area contributed by atoms with E-state index in [0.29, 0.717) is 25.7 Å². The number of allylic oxidation sites excluding steroid dienone is 22. The molecule has 0 amide bonds. The van der Waals surface area contributed by atoms with E-state index in [4.69, 9.17) is 14.2 Å². The summed E-state index contributed by atoms with van der Waals surface area (Å²) in [6.45, 7) is 4.40. The van der Waals surface area contributed by atoms with E-state index in [9.17, 15) is 19.5 Å². The number of quaternary nitrogens is 1. The van der Waals surface area contributed by atoms with Gasteiger partial charge in [0, 0.05) is 19.3 Å². The molecule has 0 radical (unpaired) electrons. The van der Waals surface area contributed by atoms with Crippen molar-refractivity contribution >= 4 is 17.9 Å². The van der Waals surface area contributed by atoms with Gasteiger partial charge in [0.15, 0.2) is 12.1 Å². The van der Waals surface area contributed by atoms with E-state index in [2.05, 4.69) is 74.6 Å². The number of likely N-dealkylation sites (N-methyl/N-ethyl adjacent to an activating group) is 1. The smallest absolute Gasteiger partial charge is 0.362 e. The Balaban J connectivity index is 4.40. The summed E-state index contributed by atoms with van der Waals surface area (Å²) < 4.78 is 17.3. The molecule has 0 aromatic heterocycles. The average Bonchev–Trinajstić information content (AvgIpc) is 3.27. The summed E-state index contributed by atoms with van der Waals surface area (Å²) in [5, 5.41) is 9.65. The molecule has 0 fully saturated rings.